The fraction of sp³-hybridized carbons (Fsp3) is 0.450. The molecule has 148 valence electrons. The standard InChI is InChI=1S/C20H26N2O4.ClH/c1-24-15-20(8-10-21-11-9-20)14-22-19(23)18-16(7-12-25-18)13-26-17-5-3-2-4-6-17;/h2-7,12,21H,8-11,13-15H2,1H3,(H,22,23);1H. The SMILES string of the molecule is COCC1(CNC(=O)c2occc2COc2ccccc2)CCNCC1.Cl. The average Bonchev–Trinajstić information content (AvgIpc) is 3.15. The molecule has 0 aliphatic carbocycles. The minimum absolute atomic E-state index is 0. The van der Waals surface area contributed by atoms with E-state index in [1.165, 1.54) is 6.26 Å². The maximum Gasteiger partial charge on any atom is 0.287 e. The Morgan fingerprint density at radius 1 is 1.22 bits per heavy atom. The maximum atomic E-state index is 12.6. The molecule has 2 heterocycles. The van der Waals surface area contributed by atoms with Gasteiger partial charge in [0.05, 0.1) is 12.9 Å². The molecule has 1 amide bonds. The molecule has 2 N–H and O–H groups in total. The molecule has 2 aromatic rings. The Morgan fingerprint density at radius 2 is 1.96 bits per heavy atom. The van der Waals surface area contributed by atoms with Crippen molar-refractivity contribution in [3.63, 3.8) is 0 Å². The number of amides is 1. The second kappa shape index (κ2) is 10.3. The van der Waals surface area contributed by atoms with E-state index in [0.29, 0.717) is 18.9 Å². The number of hydrogen-bond acceptors (Lipinski definition) is 5. The molecule has 27 heavy (non-hydrogen) atoms. The molecule has 0 spiro atoms. The number of hydrogen-bond donors (Lipinski definition) is 2. The van der Waals surface area contributed by atoms with Crippen molar-refractivity contribution in [2.45, 2.75) is 19.4 Å². The summed E-state index contributed by atoms with van der Waals surface area (Å²) in [6, 6.07) is 11.3. The molecule has 7 heteroatoms. The second-order valence-electron chi connectivity index (χ2n) is 6.74. The van der Waals surface area contributed by atoms with Crippen molar-refractivity contribution in [2.75, 3.05) is 33.4 Å². The van der Waals surface area contributed by atoms with Gasteiger partial charge in [-0.2, -0.15) is 0 Å². The number of methoxy groups -OCH3 is 1. The lowest BCUT2D eigenvalue weighted by Gasteiger charge is -2.37. The molecule has 0 bridgehead atoms. The van der Waals surface area contributed by atoms with Gasteiger partial charge in [0.2, 0.25) is 0 Å². The molecule has 0 unspecified atom stereocenters. The van der Waals surface area contributed by atoms with Crippen molar-refractivity contribution in [1.82, 2.24) is 10.6 Å². The van der Waals surface area contributed by atoms with Crippen LogP contribution in [0.15, 0.2) is 47.1 Å². The summed E-state index contributed by atoms with van der Waals surface area (Å²) >= 11 is 0. The van der Waals surface area contributed by atoms with Gasteiger partial charge in [0, 0.05) is 24.6 Å². The van der Waals surface area contributed by atoms with Crippen molar-refractivity contribution >= 4 is 18.3 Å². The summed E-state index contributed by atoms with van der Waals surface area (Å²) in [4.78, 5) is 12.6. The van der Waals surface area contributed by atoms with Crippen LogP contribution in [0.2, 0.25) is 0 Å². The summed E-state index contributed by atoms with van der Waals surface area (Å²) in [5.74, 6) is 0.854. The van der Waals surface area contributed by atoms with Crippen LogP contribution >= 0.6 is 12.4 Å². The highest BCUT2D eigenvalue weighted by molar-refractivity contribution is 5.92. The molecule has 0 radical (unpaired) electrons. The third-order valence-electron chi connectivity index (χ3n) is 4.83. The number of carbonyl (C=O) groups excluding carboxylic acids is 1. The largest absolute Gasteiger partial charge is 0.489 e. The van der Waals surface area contributed by atoms with Gasteiger partial charge >= 0.3 is 0 Å². The van der Waals surface area contributed by atoms with Crippen LogP contribution in [0.4, 0.5) is 0 Å². The molecule has 1 saturated heterocycles. The second-order valence-corrected chi connectivity index (χ2v) is 6.74. The fourth-order valence-corrected chi connectivity index (χ4v) is 3.31. The summed E-state index contributed by atoms with van der Waals surface area (Å²) < 4.78 is 16.5. The molecule has 1 aliphatic rings. The van der Waals surface area contributed by atoms with E-state index in [-0.39, 0.29) is 30.3 Å². The Bertz CT molecular complexity index is 694. The van der Waals surface area contributed by atoms with Gasteiger partial charge in [-0.3, -0.25) is 4.79 Å². The number of nitrogens with one attached hydrogen (secondary N) is 2. The summed E-state index contributed by atoms with van der Waals surface area (Å²) in [7, 11) is 1.71. The molecule has 0 atom stereocenters. The number of halogens is 1. The molecule has 1 aliphatic heterocycles. The van der Waals surface area contributed by atoms with Crippen molar-refractivity contribution in [3.8, 4) is 5.75 Å². The van der Waals surface area contributed by atoms with E-state index in [0.717, 1.165) is 37.2 Å². The third kappa shape index (κ3) is 5.73. The molecule has 3 rings (SSSR count). The number of carbonyl (C=O) groups is 1. The smallest absolute Gasteiger partial charge is 0.287 e. The molecule has 6 nitrogen and oxygen atoms in total. The monoisotopic (exact) mass is 394 g/mol. The van der Waals surface area contributed by atoms with Crippen LogP contribution in [0, 0.1) is 5.41 Å². The van der Waals surface area contributed by atoms with E-state index in [9.17, 15) is 4.79 Å². The van der Waals surface area contributed by atoms with Crippen LogP contribution < -0.4 is 15.4 Å². The van der Waals surface area contributed by atoms with E-state index in [1.807, 2.05) is 30.3 Å². The first kappa shape index (κ1) is 21.3. The van der Waals surface area contributed by atoms with Gasteiger partial charge in [-0.1, -0.05) is 18.2 Å². The van der Waals surface area contributed by atoms with Crippen LogP contribution in [-0.2, 0) is 11.3 Å². The van der Waals surface area contributed by atoms with Crippen LogP contribution in [0.1, 0.15) is 29.0 Å². The Morgan fingerprint density at radius 3 is 2.67 bits per heavy atom. The lowest BCUT2D eigenvalue weighted by molar-refractivity contribution is 0.0505. The Kier molecular flexibility index (Phi) is 8.16. The Labute approximate surface area is 166 Å². The highest BCUT2D eigenvalue weighted by Gasteiger charge is 2.33. The Balaban J connectivity index is 0.00000261. The number of benzene rings is 1. The molecular formula is C20H27ClN2O4. The average molecular weight is 395 g/mol. The number of rotatable bonds is 8. The quantitative estimate of drug-likeness (QED) is 0.720. The van der Waals surface area contributed by atoms with E-state index in [2.05, 4.69) is 10.6 Å². The van der Waals surface area contributed by atoms with Crippen molar-refractivity contribution < 1.29 is 18.7 Å². The van der Waals surface area contributed by atoms with Crippen LogP contribution in [-0.4, -0.2) is 39.3 Å². The topological polar surface area (TPSA) is 72.7 Å². The van der Waals surface area contributed by atoms with Gasteiger partial charge in [-0.25, -0.2) is 0 Å². The van der Waals surface area contributed by atoms with E-state index in [1.54, 1.807) is 13.2 Å². The first-order valence-corrected chi connectivity index (χ1v) is 8.94. The van der Waals surface area contributed by atoms with Crippen LogP contribution in [0.3, 0.4) is 0 Å². The third-order valence-corrected chi connectivity index (χ3v) is 4.83. The molecule has 1 aromatic carbocycles. The number of ether oxygens (including phenoxy) is 2. The number of para-hydroxylation sites is 1. The first-order valence-electron chi connectivity index (χ1n) is 8.94. The summed E-state index contributed by atoms with van der Waals surface area (Å²) in [5.41, 5.74) is 0.709. The molecule has 1 fully saturated rings. The fourth-order valence-electron chi connectivity index (χ4n) is 3.31. The zero-order valence-electron chi connectivity index (χ0n) is 15.5. The van der Waals surface area contributed by atoms with Gasteiger partial charge in [0.25, 0.3) is 5.91 Å². The summed E-state index contributed by atoms with van der Waals surface area (Å²) in [5, 5.41) is 6.37. The zero-order chi connectivity index (χ0) is 18.2. The van der Waals surface area contributed by atoms with Crippen molar-refractivity contribution in [3.05, 3.63) is 54.0 Å². The number of piperidine rings is 1. The molecule has 0 saturated carbocycles. The van der Waals surface area contributed by atoms with E-state index >= 15 is 0 Å². The Hall–Kier alpha value is -2.02. The lowest BCUT2D eigenvalue weighted by Crippen LogP contribution is -2.47. The van der Waals surface area contributed by atoms with E-state index < -0.39 is 0 Å². The molecular weight excluding hydrogens is 368 g/mol. The van der Waals surface area contributed by atoms with E-state index in [4.69, 9.17) is 13.9 Å². The van der Waals surface area contributed by atoms with Gasteiger partial charge < -0.3 is 24.5 Å². The van der Waals surface area contributed by atoms with Gasteiger partial charge in [-0.15, -0.1) is 12.4 Å². The van der Waals surface area contributed by atoms with Crippen molar-refractivity contribution in [2.24, 2.45) is 5.41 Å². The zero-order valence-corrected chi connectivity index (χ0v) is 16.3. The summed E-state index contributed by atoms with van der Waals surface area (Å²) in [6.07, 6.45) is 3.47. The minimum Gasteiger partial charge on any atom is -0.489 e. The normalized spacial score (nSPS) is 15.6. The first-order chi connectivity index (χ1) is 12.7. The molecule has 1 aromatic heterocycles. The predicted molar refractivity (Wildman–Crippen MR) is 105 cm³/mol. The van der Waals surface area contributed by atoms with Gasteiger partial charge in [0.1, 0.15) is 12.4 Å². The van der Waals surface area contributed by atoms with Gasteiger partial charge in [0.15, 0.2) is 5.76 Å². The van der Waals surface area contributed by atoms with Crippen LogP contribution in [0.5, 0.6) is 5.75 Å². The maximum absolute atomic E-state index is 12.6. The highest BCUT2D eigenvalue weighted by Crippen LogP contribution is 2.28. The highest BCUT2D eigenvalue weighted by atomic mass is 35.5. The van der Waals surface area contributed by atoms with Gasteiger partial charge in [-0.05, 0) is 44.1 Å². The summed E-state index contributed by atoms with van der Waals surface area (Å²) in [6.45, 7) is 3.38. The lowest BCUT2D eigenvalue weighted by atomic mass is 9.79. The minimum atomic E-state index is -0.212. The van der Waals surface area contributed by atoms with Crippen molar-refractivity contribution in [1.29, 1.82) is 0 Å². The number of furan rings is 1. The predicted octanol–water partition coefficient (Wildman–Crippen LogP) is 3.03. The van der Waals surface area contributed by atoms with Crippen LogP contribution in [0.25, 0.3) is 0 Å².